The van der Waals surface area contributed by atoms with E-state index in [9.17, 15) is 19.2 Å². The van der Waals surface area contributed by atoms with Crippen molar-refractivity contribution in [1.29, 1.82) is 0 Å². The largest absolute Gasteiger partial charge is 0.481 e. The number of ether oxygens (including phenoxy) is 1. The van der Waals surface area contributed by atoms with Gasteiger partial charge in [0.2, 0.25) is 11.8 Å². The molecule has 0 bridgehead atoms. The summed E-state index contributed by atoms with van der Waals surface area (Å²) in [5, 5.41) is 13.9. The van der Waals surface area contributed by atoms with E-state index in [-0.39, 0.29) is 37.3 Å². The molecule has 12 heteroatoms. The Labute approximate surface area is 188 Å². The van der Waals surface area contributed by atoms with Crippen molar-refractivity contribution in [2.45, 2.75) is 64.5 Å². The normalized spacial score (nSPS) is 17.1. The fraction of sp³-hybridized carbons (Fsp3) is 0.750. The second-order valence-corrected chi connectivity index (χ2v) is 8.71. The van der Waals surface area contributed by atoms with Gasteiger partial charge < -0.3 is 36.8 Å². The molecule has 2 atom stereocenters. The summed E-state index contributed by atoms with van der Waals surface area (Å²) in [6.45, 7) is 6.15. The molecule has 1 heterocycles. The van der Waals surface area contributed by atoms with Crippen LogP contribution in [-0.2, 0) is 19.1 Å². The SMILES string of the molecule is CC(C)(C)OC(=O)N[C@@H](CCCN=C(N)N)C(=O)N1CCCC(C(=O)NCCC(=O)O)C1. The molecular formula is C20H36N6O6. The third kappa shape index (κ3) is 10.8. The molecule has 1 fully saturated rings. The zero-order valence-corrected chi connectivity index (χ0v) is 19.1. The molecule has 1 aliphatic heterocycles. The highest BCUT2D eigenvalue weighted by atomic mass is 16.6. The maximum Gasteiger partial charge on any atom is 0.408 e. The quantitative estimate of drug-likeness (QED) is 0.169. The van der Waals surface area contributed by atoms with Crippen molar-refractivity contribution in [3.63, 3.8) is 0 Å². The first-order chi connectivity index (χ1) is 14.9. The highest BCUT2D eigenvalue weighted by Gasteiger charge is 2.33. The molecule has 0 radical (unpaired) electrons. The number of hydrogen-bond donors (Lipinski definition) is 5. The molecule has 1 unspecified atom stereocenters. The second-order valence-electron chi connectivity index (χ2n) is 8.71. The number of nitrogens with two attached hydrogens (primary N) is 2. The van der Waals surface area contributed by atoms with Gasteiger partial charge in [0, 0.05) is 26.2 Å². The first-order valence-corrected chi connectivity index (χ1v) is 10.7. The van der Waals surface area contributed by atoms with E-state index in [1.54, 1.807) is 25.7 Å². The van der Waals surface area contributed by atoms with Gasteiger partial charge in [0.25, 0.3) is 0 Å². The summed E-state index contributed by atoms with van der Waals surface area (Å²) in [4.78, 5) is 53.8. The second kappa shape index (κ2) is 12.7. The number of carbonyl (C=O) groups is 4. The van der Waals surface area contributed by atoms with E-state index in [1.807, 2.05) is 0 Å². The van der Waals surface area contributed by atoms with E-state index >= 15 is 0 Å². The minimum Gasteiger partial charge on any atom is -0.481 e. The number of aliphatic imine (C=N–C) groups is 1. The van der Waals surface area contributed by atoms with Crippen LogP contribution in [0, 0.1) is 5.92 Å². The number of carbonyl (C=O) groups excluding carboxylic acids is 3. The van der Waals surface area contributed by atoms with E-state index in [4.69, 9.17) is 21.3 Å². The highest BCUT2D eigenvalue weighted by molar-refractivity contribution is 5.87. The average Bonchev–Trinajstić information content (AvgIpc) is 2.68. The van der Waals surface area contributed by atoms with Crippen LogP contribution >= 0.6 is 0 Å². The number of carboxylic acid groups (broad SMARTS) is 1. The lowest BCUT2D eigenvalue weighted by atomic mass is 9.96. The van der Waals surface area contributed by atoms with Gasteiger partial charge in [0.05, 0.1) is 12.3 Å². The lowest BCUT2D eigenvalue weighted by molar-refractivity contribution is -0.137. The lowest BCUT2D eigenvalue weighted by Gasteiger charge is -2.34. The van der Waals surface area contributed by atoms with Crippen LogP contribution in [-0.4, -0.2) is 77.7 Å². The van der Waals surface area contributed by atoms with Crippen LogP contribution in [0.5, 0.6) is 0 Å². The summed E-state index contributed by atoms with van der Waals surface area (Å²) >= 11 is 0. The van der Waals surface area contributed by atoms with Crippen LogP contribution in [0.15, 0.2) is 4.99 Å². The van der Waals surface area contributed by atoms with E-state index in [2.05, 4.69) is 15.6 Å². The van der Waals surface area contributed by atoms with Crippen LogP contribution in [0.25, 0.3) is 0 Å². The fourth-order valence-corrected chi connectivity index (χ4v) is 3.26. The van der Waals surface area contributed by atoms with Crippen molar-refractivity contribution < 1.29 is 29.0 Å². The zero-order valence-electron chi connectivity index (χ0n) is 19.1. The summed E-state index contributed by atoms with van der Waals surface area (Å²) in [5.74, 6) is -2.09. The average molecular weight is 457 g/mol. The van der Waals surface area contributed by atoms with Gasteiger partial charge in [-0.2, -0.15) is 0 Å². The summed E-state index contributed by atoms with van der Waals surface area (Å²) in [7, 11) is 0. The van der Waals surface area contributed by atoms with Gasteiger partial charge in [-0.25, -0.2) is 4.79 Å². The molecular weight excluding hydrogens is 420 g/mol. The number of carboxylic acids is 1. The smallest absolute Gasteiger partial charge is 0.408 e. The molecule has 0 aromatic carbocycles. The van der Waals surface area contributed by atoms with Gasteiger partial charge in [-0.05, 0) is 46.5 Å². The van der Waals surface area contributed by atoms with Gasteiger partial charge in [0.1, 0.15) is 11.6 Å². The Morgan fingerprint density at radius 3 is 2.53 bits per heavy atom. The molecule has 1 rings (SSSR count). The van der Waals surface area contributed by atoms with Crippen LogP contribution in [0.3, 0.4) is 0 Å². The van der Waals surface area contributed by atoms with Crippen molar-refractivity contribution in [3.8, 4) is 0 Å². The number of rotatable bonds is 10. The van der Waals surface area contributed by atoms with Crippen molar-refractivity contribution in [2.75, 3.05) is 26.2 Å². The van der Waals surface area contributed by atoms with E-state index < -0.39 is 29.6 Å². The Hall–Kier alpha value is -3.05. The maximum atomic E-state index is 13.2. The van der Waals surface area contributed by atoms with Crippen molar-refractivity contribution >= 4 is 29.8 Å². The third-order valence-corrected chi connectivity index (χ3v) is 4.68. The number of likely N-dealkylation sites (tertiary alicyclic amines) is 1. The topological polar surface area (TPSA) is 189 Å². The Kier molecular flexibility index (Phi) is 10.7. The third-order valence-electron chi connectivity index (χ3n) is 4.68. The molecule has 0 aromatic heterocycles. The summed E-state index contributed by atoms with van der Waals surface area (Å²) in [6.07, 6.45) is 1.09. The molecule has 12 nitrogen and oxygen atoms in total. The van der Waals surface area contributed by atoms with E-state index in [0.29, 0.717) is 38.8 Å². The van der Waals surface area contributed by atoms with Gasteiger partial charge in [-0.1, -0.05) is 0 Å². The Bertz CT molecular complexity index is 701. The molecule has 0 saturated carbocycles. The lowest BCUT2D eigenvalue weighted by Crippen LogP contribution is -2.53. The van der Waals surface area contributed by atoms with Gasteiger partial charge in [-0.15, -0.1) is 0 Å². The molecule has 0 spiro atoms. The Morgan fingerprint density at radius 1 is 1.25 bits per heavy atom. The maximum absolute atomic E-state index is 13.2. The molecule has 32 heavy (non-hydrogen) atoms. The highest BCUT2D eigenvalue weighted by Crippen LogP contribution is 2.19. The van der Waals surface area contributed by atoms with E-state index in [0.717, 1.165) is 0 Å². The monoisotopic (exact) mass is 456 g/mol. The molecule has 7 N–H and O–H groups in total. The minimum absolute atomic E-state index is 0.0340. The number of guanidine groups is 1. The van der Waals surface area contributed by atoms with Crippen molar-refractivity contribution in [2.24, 2.45) is 22.4 Å². The Morgan fingerprint density at radius 2 is 1.94 bits per heavy atom. The predicted molar refractivity (Wildman–Crippen MR) is 118 cm³/mol. The molecule has 0 aliphatic carbocycles. The summed E-state index contributed by atoms with van der Waals surface area (Å²) in [5.41, 5.74) is 9.92. The standard InChI is InChI=1S/C20H36N6O6/c1-20(2,3)32-19(31)25-14(7-4-9-24-18(21)22)17(30)26-11-5-6-13(12-26)16(29)23-10-8-15(27)28/h13-14H,4-12H2,1-3H3,(H,23,29)(H,25,31)(H,27,28)(H4,21,22,24)/t13?,14-/m0/s1. The number of aliphatic carboxylic acids is 1. The minimum atomic E-state index is -0.998. The number of piperidine rings is 1. The van der Waals surface area contributed by atoms with Crippen LogP contribution in [0.2, 0.25) is 0 Å². The van der Waals surface area contributed by atoms with Gasteiger partial charge >= 0.3 is 12.1 Å². The molecule has 182 valence electrons. The molecule has 1 aliphatic rings. The van der Waals surface area contributed by atoms with Crippen LogP contribution in [0.1, 0.15) is 52.9 Å². The molecule has 0 aromatic rings. The van der Waals surface area contributed by atoms with Crippen LogP contribution in [0.4, 0.5) is 4.79 Å². The van der Waals surface area contributed by atoms with Gasteiger partial charge in [0.15, 0.2) is 5.96 Å². The van der Waals surface area contributed by atoms with Crippen molar-refractivity contribution in [1.82, 2.24) is 15.5 Å². The zero-order chi connectivity index (χ0) is 24.3. The number of nitrogens with one attached hydrogen (secondary N) is 2. The Balaban J connectivity index is 2.77. The predicted octanol–water partition coefficient (Wildman–Crippen LogP) is -0.237. The summed E-state index contributed by atoms with van der Waals surface area (Å²) < 4.78 is 5.27. The first-order valence-electron chi connectivity index (χ1n) is 10.7. The number of nitrogens with zero attached hydrogens (tertiary/aromatic N) is 2. The number of amides is 3. The van der Waals surface area contributed by atoms with Crippen molar-refractivity contribution in [3.05, 3.63) is 0 Å². The van der Waals surface area contributed by atoms with E-state index in [1.165, 1.54) is 0 Å². The van der Waals surface area contributed by atoms with Crippen LogP contribution < -0.4 is 22.1 Å². The fourth-order valence-electron chi connectivity index (χ4n) is 3.26. The van der Waals surface area contributed by atoms with Gasteiger partial charge in [-0.3, -0.25) is 19.4 Å². The molecule has 3 amide bonds. The first kappa shape index (κ1) is 27.0. The summed E-state index contributed by atoms with van der Waals surface area (Å²) in [6, 6.07) is -0.854. The molecule has 1 saturated heterocycles. The number of alkyl carbamates (subject to hydrolysis) is 1. The number of hydrogen-bond acceptors (Lipinski definition) is 6.